The molecule has 1 saturated heterocycles. The van der Waals surface area contributed by atoms with Gasteiger partial charge in [0, 0.05) is 32.2 Å². The van der Waals surface area contributed by atoms with Crippen molar-refractivity contribution in [3.63, 3.8) is 0 Å². The van der Waals surface area contributed by atoms with Gasteiger partial charge in [-0.1, -0.05) is 48.5 Å². The molecule has 1 atom stereocenters. The molecule has 1 fully saturated rings. The van der Waals surface area contributed by atoms with E-state index in [-0.39, 0.29) is 24.2 Å². The quantitative estimate of drug-likeness (QED) is 0.527. The number of para-hydroxylation sites is 2. The van der Waals surface area contributed by atoms with Gasteiger partial charge in [0.05, 0.1) is 11.0 Å². The van der Waals surface area contributed by atoms with Crippen LogP contribution in [0, 0.1) is 0 Å². The number of aromatic nitrogens is 2. The molecular formula is C27H28N4O2. The third kappa shape index (κ3) is 3.20. The molecule has 0 unspecified atom stereocenters. The molecule has 1 aromatic heterocycles. The topological polar surface area (TPSA) is 59.3 Å². The fourth-order valence-electron chi connectivity index (χ4n) is 5.96. The summed E-state index contributed by atoms with van der Waals surface area (Å²) in [5, 5.41) is 5.39. The lowest BCUT2D eigenvalue weighted by Gasteiger charge is -2.36. The van der Waals surface area contributed by atoms with Gasteiger partial charge in [-0.3, -0.25) is 18.8 Å². The summed E-state index contributed by atoms with van der Waals surface area (Å²) in [5.74, 6) is -0.162. The Morgan fingerprint density at radius 3 is 2.45 bits per heavy atom. The number of piperidine rings is 1. The maximum absolute atomic E-state index is 13.4. The summed E-state index contributed by atoms with van der Waals surface area (Å²) in [6.45, 7) is 1.97. The van der Waals surface area contributed by atoms with E-state index in [0.29, 0.717) is 6.04 Å². The molecule has 6 nitrogen and oxygen atoms in total. The highest BCUT2D eigenvalue weighted by Crippen LogP contribution is 2.41. The number of nitrogens with one attached hydrogen (secondary N) is 1. The fraction of sp³-hybridized carbons (Fsp3) is 0.333. The second-order valence-electron chi connectivity index (χ2n) is 9.25. The van der Waals surface area contributed by atoms with Crippen molar-refractivity contribution in [1.82, 2.24) is 19.4 Å². The summed E-state index contributed by atoms with van der Waals surface area (Å²) in [6.07, 6.45) is 2.92. The van der Waals surface area contributed by atoms with Crippen LogP contribution in [0.3, 0.4) is 0 Å². The van der Waals surface area contributed by atoms with Crippen LogP contribution >= 0.6 is 0 Å². The lowest BCUT2D eigenvalue weighted by atomic mass is 9.99. The molecular weight excluding hydrogens is 412 g/mol. The number of imidazole rings is 1. The Hall–Kier alpha value is -3.38. The third-order valence-electron chi connectivity index (χ3n) is 7.55. The van der Waals surface area contributed by atoms with Crippen LogP contribution in [0.5, 0.6) is 0 Å². The first-order valence-electron chi connectivity index (χ1n) is 11.8. The molecule has 1 N–H and O–H groups in total. The minimum absolute atomic E-state index is 0.0476. The molecule has 3 aromatic carbocycles. The number of nitrogens with zero attached hydrogens (tertiary/aromatic N) is 3. The van der Waals surface area contributed by atoms with Gasteiger partial charge in [0.25, 0.3) is 0 Å². The van der Waals surface area contributed by atoms with Crippen LogP contribution in [0.4, 0.5) is 0 Å². The Balaban J connectivity index is 1.27. The van der Waals surface area contributed by atoms with E-state index in [1.54, 1.807) is 11.6 Å². The van der Waals surface area contributed by atoms with Gasteiger partial charge in [-0.25, -0.2) is 4.79 Å². The van der Waals surface area contributed by atoms with Crippen LogP contribution in [0.1, 0.15) is 36.1 Å². The summed E-state index contributed by atoms with van der Waals surface area (Å²) in [6, 6.07) is 21.7. The first-order valence-corrected chi connectivity index (χ1v) is 11.8. The zero-order chi connectivity index (χ0) is 22.5. The average Bonchev–Trinajstić information content (AvgIpc) is 3.36. The van der Waals surface area contributed by atoms with E-state index in [1.165, 1.54) is 21.9 Å². The first kappa shape index (κ1) is 20.2. The van der Waals surface area contributed by atoms with E-state index in [4.69, 9.17) is 0 Å². The Kier molecular flexibility index (Phi) is 4.84. The molecule has 1 aliphatic heterocycles. The molecule has 2 heterocycles. The third-order valence-corrected chi connectivity index (χ3v) is 7.55. The second kappa shape index (κ2) is 7.89. The number of hydrogen-bond donors (Lipinski definition) is 1. The molecule has 6 heteroatoms. The van der Waals surface area contributed by atoms with Crippen LogP contribution in [-0.4, -0.2) is 40.1 Å². The van der Waals surface area contributed by atoms with Gasteiger partial charge in [-0.15, -0.1) is 0 Å². The van der Waals surface area contributed by atoms with Crippen molar-refractivity contribution >= 4 is 27.7 Å². The van der Waals surface area contributed by atoms with Crippen molar-refractivity contribution in [3.05, 3.63) is 82.3 Å². The summed E-state index contributed by atoms with van der Waals surface area (Å²) < 4.78 is 3.54. The molecule has 6 rings (SSSR count). The summed E-state index contributed by atoms with van der Waals surface area (Å²) in [5.41, 5.74) is 4.55. The van der Waals surface area contributed by atoms with E-state index in [0.717, 1.165) is 43.4 Å². The van der Waals surface area contributed by atoms with E-state index in [1.807, 2.05) is 28.8 Å². The number of fused-ring (bicyclic) bond motifs is 1. The monoisotopic (exact) mass is 440 g/mol. The van der Waals surface area contributed by atoms with Crippen molar-refractivity contribution in [2.24, 2.45) is 0 Å². The van der Waals surface area contributed by atoms with Crippen molar-refractivity contribution in [1.29, 1.82) is 0 Å². The molecule has 2 aliphatic rings. The number of hydrogen-bond acceptors (Lipinski definition) is 3. The van der Waals surface area contributed by atoms with Crippen LogP contribution < -0.4 is 11.0 Å². The summed E-state index contributed by atoms with van der Waals surface area (Å²) in [7, 11) is 1.60. The minimum atomic E-state index is -0.162. The van der Waals surface area contributed by atoms with Crippen LogP contribution in [0.25, 0.3) is 21.8 Å². The van der Waals surface area contributed by atoms with E-state index in [2.05, 4.69) is 46.6 Å². The molecule has 1 amide bonds. The number of likely N-dealkylation sites (N-methyl/N-ethyl adjacent to an activating group) is 1. The van der Waals surface area contributed by atoms with Crippen molar-refractivity contribution in [2.45, 2.75) is 37.9 Å². The Morgan fingerprint density at radius 1 is 0.970 bits per heavy atom. The summed E-state index contributed by atoms with van der Waals surface area (Å²) >= 11 is 0. The van der Waals surface area contributed by atoms with E-state index >= 15 is 0 Å². The van der Waals surface area contributed by atoms with Gasteiger partial charge in [-0.2, -0.15) is 0 Å². The highest BCUT2D eigenvalue weighted by atomic mass is 16.2. The molecule has 0 saturated carbocycles. The highest BCUT2D eigenvalue weighted by Gasteiger charge is 2.33. The lowest BCUT2D eigenvalue weighted by Crippen LogP contribution is -2.40. The Labute approximate surface area is 192 Å². The molecule has 4 aromatic rings. The predicted molar refractivity (Wildman–Crippen MR) is 131 cm³/mol. The van der Waals surface area contributed by atoms with E-state index < -0.39 is 0 Å². The molecule has 1 aliphatic carbocycles. The van der Waals surface area contributed by atoms with Crippen molar-refractivity contribution < 1.29 is 4.79 Å². The van der Waals surface area contributed by atoms with Gasteiger partial charge in [-0.05, 0) is 53.3 Å². The number of benzene rings is 3. The largest absolute Gasteiger partial charge is 0.358 e. The van der Waals surface area contributed by atoms with Crippen LogP contribution in [-0.2, 0) is 17.8 Å². The van der Waals surface area contributed by atoms with Gasteiger partial charge in [0.15, 0.2) is 0 Å². The lowest BCUT2D eigenvalue weighted by molar-refractivity contribution is -0.121. The summed E-state index contributed by atoms with van der Waals surface area (Å²) in [4.78, 5) is 28.0. The van der Waals surface area contributed by atoms with Gasteiger partial charge < -0.3 is 5.32 Å². The van der Waals surface area contributed by atoms with E-state index in [9.17, 15) is 9.59 Å². The Bertz CT molecular complexity index is 1420. The minimum Gasteiger partial charge on any atom is -0.358 e. The second-order valence-corrected chi connectivity index (χ2v) is 9.25. The maximum atomic E-state index is 13.4. The maximum Gasteiger partial charge on any atom is 0.329 e. The first-order chi connectivity index (χ1) is 16.2. The van der Waals surface area contributed by atoms with Crippen LogP contribution in [0.15, 0.2) is 65.5 Å². The van der Waals surface area contributed by atoms with Crippen molar-refractivity contribution in [3.8, 4) is 0 Å². The van der Waals surface area contributed by atoms with Gasteiger partial charge in [0.2, 0.25) is 5.91 Å². The number of carbonyl (C=O) groups excluding carboxylic acids is 1. The standard InChI is InChI=1S/C27H28N4O2/c1-28-25(32)17-30-22-10-2-3-11-23(22)31(27(30)33)20-12-14-29(15-13-20)24-16-19-8-4-6-18-7-5-9-21(24)26(18)19/h2-11,20,24H,12-17H2,1H3,(H,28,32)/t24-/m0/s1. The normalized spacial score (nSPS) is 18.9. The molecule has 0 radical (unpaired) electrons. The number of carbonyl (C=O) groups is 1. The highest BCUT2D eigenvalue weighted by molar-refractivity contribution is 5.91. The molecule has 0 bridgehead atoms. The Morgan fingerprint density at radius 2 is 1.70 bits per heavy atom. The number of rotatable bonds is 4. The van der Waals surface area contributed by atoms with Gasteiger partial charge >= 0.3 is 5.69 Å². The molecule has 0 spiro atoms. The van der Waals surface area contributed by atoms with Gasteiger partial charge in [0.1, 0.15) is 6.54 Å². The average molecular weight is 441 g/mol. The molecule has 33 heavy (non-hydrogen) atoms. The zero-order valence-corrected chi connectivity index (χ0v) is 18.8. The van der Waals surface area contributed by atoms with Crippen LogP contribution in [0.2, 0.25) is 0 Å². The number of likely N-dealkylation sites (tertiary alicyclic amines) is 1. The SMILES string of the molecule is CNC(=O)Cn1c(=O)n(C2CCN([C@H]3Cc4cccc5cccc3c45)CC2)c2ccccc21. The fourth-order valence-corrected chi connectivity index (χ4v) is 5.96. The van der Waals surface area contributed by atoms with Crippen molar-refractivity contribution in [2.75, 3.05) is 20.1 Å². The zero-order valence-electron chi connectivity index (χ0n) is 18.8. The molecule has 168 valence electrons. The number of amides is 1. The smallest absolute Gasteiger partial charge is 0.329 e. The predicted octanol–water partition coefficient (Wildman–Crippen LogP) is 3.64.